The molecule has 192 valence electrons. The lowest BCUT2D eigenvalue weighted by atomic mass is 9.91. The molecule has 0 unspecified atom stereocenters. The molecule has 41 heavy (non-hydrogen) atoms. The summed E-state index contributed by atoms with van der Waals surface area (Å²) in [6.07, 6.45) is 1.64. The van der Waals surface area contributed by atoms with Crippen molar-refractivity contribution < 1.29 is 0 Å². The summed E-state index contributed by atoms with van der Waals surface area (Å²) >= 11 is 0. The van der Waals surface area contributed by atoms with E-state index in [2.05, 4.69) is 95.9 Å². The highest BCUT2D eigenvalue weighted by Crippen LogP contribution is 2.50. The van der Waals surface area contributed by atoms with Crippen molar-refractivity contribution in [2.75, 3.05) is 4.90 Å². The van der Waals surface area contributed by atoms with Crippen LogP contribution in [-0.4, -0.2) is 19.9 Å². The van der Waals surface area contributed by atoms with Crippen molar-refractivity contribution in [3.8, 4) is 44.8 Å². The molecule has 7 aromatic rings. The highest BCUT2D eigenvalue weighted by Gasteiger charge is 2.30. The number of rotatable bonds is 4. The predicted molar refractivity (Wildman–Crippen MR) is 165 cm³/mol. The molecular weight excluding hydrogens is 502 g/mol. The Kier molecular flexibility index (Phi) is 5.38. The van der Waals surface area contributed by atoms with Gasteiger partial charge in [-0.3, -0.25) is 4.90 Å². The van der Waals surface area contributed by atoms with E-state index >= 15 is 0 Å². The Bertz CT molecular complexity index is 1980. The van der Waals surface area contributed by atoms with Crippen LogP contribution in [0.3, 0.4) is 0 Å². The van der Waals surface area contributed by atoms with Gasteiger partial charge in [-0.1, -0.05) is 109 Å². The third kappa shape index (κ3) is 3.95. The fourth-order valence-electron chi connectivity index (χ4n) is 5.61. The van der Waals surface area contributed by atoms with Gasteiger partial charge in [0.1, 0.15) is 6.33 Å². The second-order valence-electron chi connectivity index (χ2n) is 10.0. The van der Waals surface area contributed by atoms with Gasteiger partial charge < -0.3 is 0 Å². The molecule has 5 nitrogen and oxygen atoms in total. The van der Waals surface area contributed by atoms with E-state index in [0.717, 1.165) is 67.2 Å². The lowest BCUT2D eigenvalue weighted by Crippen LogP contribution is -2.19. The maximum Gasteiger partial charge on any atom is 0.237 e. The Hall–Kier alpha value is -5.68. The van der Waals surface area contributed by atoms with E-state index in [1.165, 1.54) is 0 Å². The average Bonchev–Trinajstić information content (AvgIpc) is 3.06. The Morgan fingerprint density at radius 1 is 0.463 bits per heavy atom. The quantitative estimate of drug-likeness (QED) is 0.230. The lowest BCUT2D eigenvalue weighted by molar-refractivity contribution is 1.05. The Labute approximate surface area is 237 Å². The third-order valence-electron chi connectivity index (χ3n) is 7.53. The first-order chi connectivity index (χ1) is 20.3. The summed E-state index contributed by atoms with van der Waals surface area (Å²) in [6.45, 7) is 0. The minimum Gasteiger partial charge on any atom is -0.262 e. The molecule has 3 heterocycles. The highest BCUT2D eigenvalue weighted by atomic mass is 15.3. The summed E-state index contributed by atoms with van der Waals surface area (Å²) in [7, 11) is 0. The summed E-state index contributed by atoms with van der Waals surface area (Å²) in [5, 5.41) is 0.987. The van der Waals surface area contributed by atoms with Crippen LogP contribution < -0.4 is 4.90 Å². The third-order valence-corrected chi connectivity index (χ3v) is 7.53. The van der Waals surface area contributed by atoms with Gasteiger partial charge in [0.25, 0.3) is 0 Å². The standard InChI is InChI=1S/C36H23N5/c1-4-12-24(13-5-1)27-20-29-28-18-10-11-19-33(28)41(35-34(29)32(21-27)37-23-38-35)36-39-30(25-14-6-2-7-15-25)22-31(40-36)26-16-8-3-9-17-26/h1-23H. The van der Waals surface area contributed by atoms with Crippen LogP contribution in [0.2, 0.25) is 0 Å². The van der Waals surface area contributed by atoms with Gasteiger partial charge in [0.2, 0.25) is 5.95 Å². The van der Waals surface area contributed by atoms with Gasteiger partial charge in [0.05, 0.1) is 28.0 Å². The molecule has 0 radical (unpaired) electrons. The van der Waals surface area contributed by atoms with E-state index in [0.29, 0.717) is 5.95 Å². The van der Waals surface area contributed by atoms with Crippen molar-refractivity contribution in [2.24, 2.45) is 0 Å². The van der Waals surface area contributed by atoms with Crippen molar-refractivity contribution in [3.63, 3.8) is 0 Å². The van der Waals surface area contributed by atoms with Gasteiger partial charge in [0.15, 0.2) is 5.82 Å². The monoisotopic (exact) mass is 525 g/mol. The number of nitrogens with zero attached hydrogens (tertiary/aromatic N) is 5. The fraction of sp³-hybridized carbons (Fsp3) is 0. The second-order valence-corrected chi connectivity index (χ2v) is 10.0. The van der Waals surface area contributed by atoms with Crippen molar-refractivity contribution in [1.29, 1.82) is 0 Å². The molecule has 8 rings (SSSR count). The van der Waals surface area contributed by atoms with Crippen molar-refractivity contribution in [2.45, 2.75) is 0 Å². The number of fused-ring (bicyclic) bond motifs is 2. The molecule has 0 bridgehead atoms. The van der Waals surface area contributed by atoms with Crippen LogP contribution in [0.5, 0.6) is 0 Å². The van der Waals surface area contributed by atoms with Gasteiger partial charge in [-0.25, -0.2) is 19.9 Å². The largest absolute Gasteiger partial charge is 0.262 e. The summed E-state index contributed by atoms with van der Waals surface area (Å²) in [6, 6.07) is 45.7. The van der Waals surface area contributed by atoms with Gasteiger partial charge in [-0.2, -0.15) is 0 Å². The number of hydrogen-bond donors (Lipinski definition) is 0. The molecule has 0 aliphatic carbocycles. The zero-order valence-electron chi connectivity index (χ0n) is 22.0. The van der Waals surface area contributed by atoms with Gasteiger partial charge in [-0.05, 0) is 41.0 Å². The van der Waals surface area contributed by atoms with Crippen LogP contribution in [-0.2, 0) is 0 Å². The predicted octanol–water partition coefficient (Wildman–Crippen LogP) is 8.87. The SMILES string of the molecule is c1ccc(-c2cc3c4c(ncnc4c2)N(c2nc(-c4ccccc4)cc(-c4ccccc4)n2)c2ccccc2-3)cc1. The number of hydrogen-bond acceptors (Lipinski definition) is 5. The minimum absolute atomic E-state index is 0.565. The van der Waals surface area contributed by atoms with Crippen LogP contribution >= 0.6 is 0 Å². The van der Waals surface area contributed by atoms with E-state index in [9.17, 15) is 0 Å². The van der Waals surface area contributed by atoms with Gasteiger partial charge >= 0.3 is 0 Å². The number of para-hydroxylation sites is 1. The molecule has 0 spiro atoms. The van der Waals surface area contributed by atoms with Crippen LogP contribution in [0.15, 0.2) is 140 Å². The van der Waals surface area contributed by atoms with E-state index in [1.807, 2.05) is 42.5 Å². The first kappa shape index (κ1) is 23.2. The lowest BCUT2D eigenvalue weighted by Gasteiger charge is -2.31. The molecule has 0 saturated carbocycles. The maximum atomic E-state index is 5.13. The van der Waals surface area contributed by atoms with Gasteiger partial charge in [0, 0.05) is 16.7 Å². The topological polar surface area (TPSA) is 54.8 Å². The zero-order chi connectivity index (χ0) is 27.2. The first-order valence-electron chi connectivity index (χ1n) is 13.6. The van der Waals surface area contributed by atoms with E-state index in [1.54, 1.807) is 6.33 Å². The highest BCUT2D eigenvalue weighted by molar-refractivity contribution is 6.12. The summed E-state index contributed by atoms with van der Waals surface area (Å²) in [4.78, 5) is 21.9. The fourth-order valence-corrected chi connectivity index (χ4v) is 5.61. The number of benzene rings is 5. The Balaban J connectivity index is 1.41. The average molecular weight is 526 g/mol. The van der Waals surface area contributed by atoms with Gasteiger partial charge in [-0.15, -0.1) is 0 Å². The van der Waals surface area contributed by atoms with E-state index in [-0.39, 0.29) is 0 Å². The Morgan fingerprint density at radius 2 is 1.05 bits per heavy atom. The molecule has 5 heteroatoms. The molecule has 0 saturated heterocycles. The summed E-state index contributed by atoms with van der Waals surface area (Å²) < 4.78 is 0. The molecule has 1 aliphatic rings. The number of aromatic nitrogens is 4. The summed E-state index contributed by atoms with van der Waals surface area (Å²) in [5.41, 5.74) is 10.1. The van der Waals surface area contributed by atoms with Crippen molar-refractivity contribution in [3.05, 3.63) is 140 Å². The molecule has 0 atom stereocenters. The molecule has 0 fully saturated rings. The van der Waals surface area contributed by atoms with Crippen LogP contribution in [0.1, 0.15) is 0 Å². The number of anilines is 3. The smallest absolute Gasteiger partial charge is 0.237 e. The molecular formula is C36H23N5. The summed E-state index contributed by atoms with van der Waals surface area (Å²) in [5.74, 6) is 1.34. The van der Waals surface area contributed by atoms with Crippen molar-refractivity contribution in [1.82, 2.24) is 19.9 Å². The van der Waals surface area contributed by atoms with E-state index < -0.39 is 0 Å². The molecule has 5 aromatic carbocycles. The zero-order valence-corrected chi connectivity index (χ0v) is 22.0. The van der Waals surface area contributed by atoms with Crippen LogP contribution in [0.4, 0.5) is 17.5 Å². The van der Waals surface area contributed by atoms with Crippen LogP contribution in [0, 0.1) is 0 Å². The molecule has 2 aromatic heterocycles. The normalized spacial score (nSPS) is 11.9. The second kappa shape index (κ2) is 9.50. The van der Waals surface area contributed by atoms with E-state index in [4.69, 9.17) is 19.9 Å². The van der Waals surface area contributed by atoms with Crippen LogP contribution in [0.25, 0.3) is 55.7 Å². The maximum absolute atomic E-state index is 5.13. The van der Waals surface area contributed by atoms with Crippen molar-refractivity contribution >= 4 is 28.4 Å². The Morgan fingerprint density at radius 3 is 1.71 bits per heavy atom. The minimum atomic E-state index is 0.565. The first-order valence-corrected chi connectivity index (χ1v) is 13.6. The molecule has 0 amide bonds. The molecule has 0 N–H and O–H groups in total. The molecule has 1 aliphatic heterocycles.